The van der Waals surface area contributed by atoms with Crippen LogP contribution in [0.2, 0.25) is 5.02 Å². The summed E-state index contributed by atoms with van der Waals surface area (Å²) in [6, 6.07) is 1.66. The van der Waals surface area contributed by atoms with E-state index in [1.54, 1.807) is 13.1 Å². The number of hydrogen-bond donors (Lipinski definition) is 2. The maximum atomic E-state index is 11.9. The molecule has 0 saturated heterocycles. The minimum atomic E-state index is -0.130. The first-order chi connectivity index (χ1) is 8.20. The van der Waals surface area contributed by atoms with Crippen LogP contribution in [0.5, 0.6) is 0 Å². The van der Waals surface area contributed by atoms with E-state index in [1.807, 2.05) is 0 Å². The normalized spacial score (nSPS) is 14.5. The molecule has 4 nitrogen and oxygen atoms in total. The number of hydrogen-bond acceptors (Lipinski definition) is 3. The molecule has 0 bridgehead atoms. The highest BCUT2D eigenvalue weighted by molar-refractivity contribution is 6.33. The molecule has 0 atom stereocenters. The zero-order valence-corrected chi connectivity index (χ0v) is 10.5. The molecule has 1 aromatic rings. The van der Waals surface area contributed by atoms with Crippen LogP contribution in [0.25, 0.3) is 0 Å². The average Bonchev–Trinajstić information content (AvgIpc) is 3.13. The van der Waals surface area contributed by atoms with Gasteiger partial charge in [-0.2, -0.15) is 0 Å². The Hall–Kier alpha value is -1.29. The Morgan fingerprint density at radius 1 is 1.59 bits per heavy atom. The molecule has 92 valence electrons. The van der Waals surface area contributed by atoms with Gasteiger partial charge in [0, 0.05) is 19.8 Å². The van der Waals surface area contributed by atoms with Crippen LogP contribution in [0.4, 0.5) is 5.82 Å². The van der Waals surface area contributed by atoms with Gasteiger partial charge in [-0.1, -0.05) is 24.4 Å². The first-order valence-electron chi connectivity index (χ1n) is 5.82. The highest BCUT2D eigenvalue weighted by Gasteiger charge is 2.21. The average molecular weight is 254 g/mol. The summed E-state index contributed by atoms with van der Waals surface area (Å²) >= 11 is 5.95. The lowest BCUT2D eigenvalue weighted by molar-refractivity contribution is 0.0953. The van der Waals surface area contributed by atoms with E-state index in [1.165, 1.54) is 19.0 Å². The van der Waals surface area contributed by atoms with Gasteiger partial charge in [-0.25, -0.2) is 4.98 Å². The molecule has 0 aromatic carbocycles. The largest absolute Gasteiger partial charge is 0.373 e. The molecule has 0 unspecified atom stereocenters. The number of amides is 1. The zero-order chi connectivity index (χ0) is 12.3. The summed E-state index contributed by atoms with van der Waals surface area (Å²) < 4.78 is 0. The topological polar surface area (TPSA) is 54.0 Å². The van der Waals surface area contributed by atoms with Gasteiger partial charge in [0.25, 0.3) is 5.91 Å². The van der Waals surface area contributed by atoms with Crippen LogP contribution in [0.15, 0.2) is 12.3 Å². The number of halogens is 1. The van der Waals surface area contributed by atoms with Crippen molar-refractivity contribution in [3.05, 3.63) is 22.8 Å². The quantitative estimate of drug-likeness (QED) is 0.847. The molecule has 0 spiro atoms. The minimum absolute atomic E-state index is 0.130. The van der Waals surface area contributed by atoms with Gasteiger partial charge in [0.05, 0.1) is 10.6 Å². The molecule has 0 radical (unpaired) electrons. The minimum Gasteiger partial charge on any atom is -0.373 e. The summed E-state index contributed by atoms with van der Waals surface area (Å²) in [5.41, 5.74) is 0.474. The lowest BCUT2D eigenvalue weighted by Gasteiger charge is -2.07. The number of aromatic nitrogens is 1. The standard InChI is InChI=1S/C12H16ClN3O/c1-14-11-6-9(10(13)7-16-11)12(17)15-5-4-8-2-3-8/h6-8H,2-5H2,1H3,(H,14,16)(H,15,17). The summed E-state index contributed by atoms with van der Waals surface area (Å²) in [6.45, 7) is 0.719. The Bertz CT molecular complexity index is 418. The first kappa shape index (κ1) is 12.2. The third-order valence-corrected chi connectivity index (χ3v) is 3.19. The summed E-state index contributed by atoms with van der Waals surface area (Å²) in [5, 5.41) is 6.15. The first-order valence-corrected chi connectivity index (χ1v) is 6.20. The molecule has 1 fully saturated rings. The fraction of sp³-hybridized carbons (Fsp3) is 0.500. The van der Waals surface area contributed by atoms with Gasteiger partial charge in [-0.3, -0.25) is 4.79 Å². The van der Waals surface area contributed by atoms with Gasteiger partial charge in [-0.15, -0.1) is 0 Å². The molecule has 2 N–H and O–H groups in total. The van der Waals surface area contributed by atoms with Crippen LogP contribution in [-0.4, -0.2) is 24.5 Å². The van der Waals surface area contributed by atoms with Crippen LogP contribution < -0.4 is 10.6 Å². The number of anilines is 1. The van der Waals surface area contributed by atoms with Crippen LogP contribution in [0.3, 0.4) is 0 Å². The molecular formula is C12H16ClN3O. The molecule has 5 heteroatoms. The lowest BCUT2D eigenvalue weighted by atomic mass is 10.2. The molecule has 1 amide bonds. The second-order valence-electron chi connectivity index (χ2n) is 4.29. The molecule has 2 rings (SSSR count). The molecule has 1 aliphatic carbocycles. The van der Waals surface area contributed by atoms with Crippen LogP contribution >= 0.6 is 11.6 Å². The van der Waals surface area contributed by atoms with Gasteiger partial charge in [0.15, 0.2) is 0 Å². The maximum Gasteiger partial charge on any atom is 0.252 e. The Labute approximate surface area is 106 Å². The SMILES string of the molecule is CNc1cc(C(=O)NCCC2CC2)c(Cl)cn1. The maximum absolute atomic E-state index is 11.9. The molecule has 1 aromatic heterocycles. The van der Waals surface area contributed by atoms with Gasteiger partial charge >= 0.3 is 0 Å². The van der Waals surface area contributed by atoms with Crippen LogP contribution in [0.1, 0.15) is 29.6 Å². The number of carbonyl (C=O) groups excluding carboxylic acids is 1. The predicted molar refractivity (Wildman–Crippen MR) is 68.5 cm³/mol. The van der Waals surface area contributed by atoms with Crippen molar-refractivity contribution in [1.29, 1.82) is 0 Å². The van der Waals surface area contributed by atoms with Crippen LogP contribution in [-0.2, 0) is 0 Å². The molecule has 1 saturated carbocycles. The summed E-state index contributed by atoms with van der Waals surface area (Å²) in [6.07, 6.45) is 5.15. The third kappa shape index (κ3) is 3.33. The predicted octanol–water partition coefficient (Wildman–Crippen LogP) is 2.31. The highest BCUT2D eigenvalue weighted by atomic mass is 35.5. The number of carbonyl (C=O) groups is 1. The zero-order valence-electron chi connectivity index (χ0n) is 9.79. The fourth-order valence-electron chi connectivity index (χ4n) is 1.64. The van der Waals surface area contributed by atoms with Crippen molar-refractivity contribution in [3.63, 3.8) is 0 Å². The summed E-state index contributed by atoms with van der Waals surface area (Å²) in [5.74, 6) is 1.33. The van der Waals surface area contributed by atoms with Crippen molar-refractivity contribution in [1.82, 2.24) is 10.3 Å². The summed E-state index contributed by atoms with van der Waals surface area (Å²) in [4.78, 5) is 15.9. The van der Waals surface area contributed by atoms with E-state index in [0.717, 1.165) is 18.9 Å². The van der Waals surface area contributed by atoms with E-state index in [2.05, 4.69) is 15.6 Å². The molecule has 0 aliphatic heterocycles. The van der Waals surface area contributed by atoms with Gasteiger partial charge in [0.2, 0.25) is 0 Å². The molecule has 1 aliphatic rings. The van der Waals surface area contributed by atoms with Crippen molar-refractivity contribution >= 4 is 23.3 Å². The molecule has 17 heavy (non-hydrogen) atoms. The molecular weight excluding hydrogens is 238 g/mol. The second-order valence-corrected chi connectivity index (χ2v) is 4.69. The summed E-state index contributed by atoms with van der Waals surface area (Å²) in [7, 11) is 1.75. The van der Waals surface area contributed by atoms with Gasteiger partial charge < -0.3 is 10.6 Å². The highest BCUT2D eigenvalue weighted by Crippen LogP contribution is 2.31. The second kappa shape index (κ2) is 5.36. The Kier molecular flexibility index (Phi) is 3.84. The van der Waals surface area contributed by atoms with E-state index in [0.29, 0.717) is 16.4 Å². The van der Waals surface area contributed by atoms with Crippen molar-refractivity contribution < 1.29 is 4.79 Å². The number of pyridine rings is 1. The van der Waals surface area contributed by atoms with Gasteiger partial charge in [0.1, 0.15) is 5.82 Å². The van der Waals surface area contributed by atoms with Gasteiger partial charge in [-0.05, 0) is 18.4 Å². The van der Waals surface area contributed by atoms with E-state index >= 15 is 0 Å². The molecule has 1 heterocycles. The Balaban J connectivity index is 1.96. The van der Waals surface area contributed by atoms with E-state index in [4.69, 9.17) is 11.6 Å². The van der Waals surface area contributed by atoms with Crippen molar-refractivity contribution in [2.24, 2.45) is 5.92 Å². The fourth-order valence-corrected chi connectivity index (χ4v) is 1.83. The van der Waals surface area contributed by atoms with Crippen molar-refractivity contribution in [2.45, 2.75) is 19.3 Å². The van der Waals surface area contributed by atoms with E-state index in [-0.39, 0.29) is 5.91 Å². The number of nitrogens with zero attached hydrogens (tertiary/aromatic N) is 1. The lowest BCUT2D eigenvalue weighted by Crippen LogP contribution is -2.25. The Morgan fingerprint density at radius 2 is 2.35 bits per heavy atom. The Morgan fingerprint density at radius 3 is 3.00 bits per heavy atom. The van der Waals surface area contributed by atoms with E-state index in [9.17, 15) is 4.79 Å². The van der Waals surface area contributed by atoms with Crippen molar-refractivity contribution in [3.8, 4) is 0 Å². The van der Waals surface area contributed by atoms with E-state index < -0.39 is 0 Å². The van der Waals surface area contributed by atoms with Crippen LogP contribution in [0, 0.1) is 5.92 Å². The number of rotatable bonds is 5. The third-order valence-electron chi connectivity index (χ3n) is 2.89. The smallest absolute Gasteiger partial charge is 0.252 e. The monoisotopic (exact) mass is 253 g/mol. The van der Waals surface area contributed by atoms with Crippen molar-refractivity contribution in [2.75, 3.05) is 18.9 Å². The number of nitrogens with one attached hydrogen (secondary N) is 2.